The monoisotopic (exact) mass is 246 g/mol. The number of aromatic amines is 1. The number of ether oxygens (including phenoxy) is 1. The maximum atomic E-state index is 5.42. The van der Waals surface area contributed by atoms with Gasteiger partial charge in [0.15, 0.2) is 0 Å². The van der Waals surface area contributed by atoms with E-state index in [1.807, 2.05) is 6.07 Å². The van der Waals surface area contributed by atoms with Crippen molar-refractivity contribution in [3.8, 4) is 5.75 Å². The van der Waals surface area contributed by atoms with Gasteiger partial charge in [-0.3, -0.25) is 0 Å². The third kappa shape index (κ3) is 2.23. The lowest BCUT2D eigenvalue weighted by Gasteiger charge is -2.07. The number of hydrogen-bond donors (Lipinski definition) is 2. The SMILES string of the molecule is COc1ccc(C)c2c(C)c(CNC(C)C)[nH]c12. The molecule has 0 aliphatic heterocycles. The second-order valence-corrected chi connectivity index (χ2v) is 5.10. The molecule has 0 atom stereocenters. The van der Waals surface area contributed by atoms with E-state index in [4.69, 9.17) is 4.74 Å². The van der Waals surface area contributed by atoms with E-state index in [0.29, 0.717) is 6.04 Å². The Morgan fingerprint density at radius 1 is 1.28 bits per heavy atom. The van der Waals surface area contributed by atoms with Crippen LogP contribution in [-0.2, 0) is 6.54 Å². The molecule has 1 heterocycles. The van der Waals surface area contributed by atoms with Gasteiger partial charge < -0.3 is 15.0 Å². The van der Waals surface area contributed by atoms with Gasteiger partial charge in [0.25, 0.3) is 0 Å². The fraction of sp³-hybridized carbons (Fsp3) is 0.467. The zero-order valence-corrected chi connectivity index (χ0v) is 11.8. The van der Waals surface area contributed by atoms with Crippen molar-refractivity contribution in [2.45, 2.75) is 40.3 Å². The van der Waals surface area contributed by atoms with E-state index in [0.717, 1.165) is 17.8 Å². The smallest absolute Gasteiger partial charge is 0.142 e. The highest BCUT2D eigenvalue weighted by Crippen LogP contribution is 2.31. The lowest BCUT2D eigenvalue weighted by atomic mass is 10.1. The Morgan fingerprint density at radius 2 is 2.00 bits per heavy atom. The van der Waals surface area contributed by atoms with Crippen LogP contribution in [0.25, 0.3) is 10.9 Å². The summed E-state index contributed by atoms with van der Waals surface area (Å²) >= 11 is 0. The molecule has 0 bridgehead atoms. The first-order valence-electron chi connectivity index (χ1n) is 6.42. The lowest BCUT2D eigenvalue weighted by molar-refractivity contribution is 0.419. The Bertz CT molecular complexity index is 555. The molecule has 0 aliphatic rings. The summed E-state index contributed by atoms with van der Waals surface area (Å²) in [6.07, 6.45) is 0. The van der Waals surface area contributed by atoms with E-state index >= 15 is 0 Å². The van der Waals surface area contributed by atoms with Crippen LogP contribution >= 0.6 is 0 Å². The van der Waals surface area contributed by atoms with Crippen LogP contribution < -0.4 is 10.1 Å². The Balaban J connectivity index is 2.51. The van der Waals surface area contributed by atoms with Crippen molar-refractivity contribution in [3.63, 3.8) is 0 Å². The van der Waals surface area contributed by atoms with Crippen LogP contribution in [-0.4, -0.2) is 18.1 Å². The molecule has 18 heavy (non-hydrogen) atoms. The van der Waals surface area contributed by atoms with Crippen molar-refractivity contribution >= 4 is 10.9 Å². The molecule has 98 valence electrons. The van der Waals surface area contributed by atoms with Gasteiger partial charge in [0, 0.05) is 23.7 Å². The number of aryl methyl sites for hydroxylation is 2. The van der Waals surface area contributed by atoms with Crippen molar-refractivity contribution in [2.24, 2.45) is 0 Å². The van der Waals surface area contributed by atoms with E-state index < -0.39 is 0 Å². The number of rotatable bonds is 4. The van der Waals surface area contributed by atoms with Crippen LogP contribution in [0.5, 0.6) is 5.75 Å². The molecular formula is C15H22N2O. The summed E-state index contributed by atoms with van der Waals surface area (Å²) in [6, 6.07) is 4.62. The van der Waals surface area contributed by atoms with E-state index in [1.165, 1.54) is 22.2 Å². The molecule has 2 N–H and O–H groups in total. The predicted octanol–water partition coefficient (Wildman–Crippen LogP) is 3.29. The summed E-state index contributed by atoms with van der Waals surface area (Å²) in [5.74, 6) is 0.912. The second kappa shape index (κ2) is 5.02. The van der Waals surface area contributed by atoms with Gasteiger partial charge in [-0.1, -0.05) is 19.9 Å². The van der Waals surface area contributed by atoms with Crippen molar-refractivity contribution in [1.29, 1.82) is 0 Å². The number of nitrogens with one attached hydrogen (secondary N) is 2. The molecule has 0 saturated heterocycles. The zero-order valence-electron chi connectivity index (χ0n) is 11.8. The predicted molar refractivity (Wildman–Crippen MR) is 76.3 cm³/mol. The molecule has 3 nitrogen and oxygen atoms in total. The molecule has 1 aromatic heterocycles. The highest BCUT2D eigenvalue weighted by Gasteiger charge is 2.13. The molecule has 0 spiro atoms. The molecular weight excluding hydrogens is 224 g/mol. The van der Waals surface area contributed by atoms with Crippen molar-refractivity contribution < 1.29 is 4.74 Å². The molecule has 0 aliphatic carbocycles. The zero-order chi connectivity index (χ0) is 13.3. The summed E-state index contributed by atoms with van der Waals surface area (Å²) in [4.78, 5) is 3.49. The molecule has 3 heteroatoms. The number of aromatic nitrogens is 1. The molecule has 2 aromatic rings. The minimum Gasteiger partial charge on any atom is -0.495 e. The summed E-state index contributed by atoms with van der Waals surface area (Å²) in [5, 5.41) is 4.74. The first kappa shape index (κ1) is 13.0. The van der Waals surface area contributed by atoms with Crippen LogP contribution in [0.4, 0.5) is 0 Å². The first-order chi connectivity index (χ1) is 8.54. The van der Waals surface area contributed by atoms with Gasteiger partial charge in [0.2, 0.25) is 0 Å². The fourth-order valence-electron chi connectivity index (χ4n) is 2.34. The molecule has 2 rings (SSSR count). The summed E-state index contributed by atoms with van der Waals surface area (Å²) in [6.45, 7) is 9.49. The van der Waals surface area contributed by atoms with Gasteiger partial charge in [-0.25, -0.2) is 0 Å². The normalized spacial score (nSPS) is 11.4. The highest BCUT2D eigenvalue weighted by atomic mass is 16.5. The average molecular weight is 246 g/mol. The molecule has 0 saturated carbocycles. The Kier molecular flexibility index (Phi) is 3.62. The number of methoxy groups -OCH3 is 1. The first-order valence-corrected chi connectivity index (χ1v) is 6.42. The topological polar surface area (TPSA) is 37.0 Å². The van der Waals surface area contributed by atoms with Gasteiger partial charge in [-0.2, -0.15) is 0 Å². The van der Waals surface area contributed by atoms with Crippen LogP contribution in [0.3, 0.4) is 0 Å². The maximum Gasteiger partial charge on any atom is 0.142 e. The number of benzene rings is 1. The van der Waals surface area contributed by atoms with Gasteiger partial charge in [-0.05, 0) is 31.0 Å². The van der Waals surface area contributed by atoms with E-state index in [2.05, 4.69) is 44.1 Å². The third-order valence-electron chi connectivity index (χ3n) is 3.39. The largest absolute Gasteiger partial charge is 0.495 e. The highest BCUT2D eigenvalue weighted by molar-refractivity contribution is 5.92. The molecule has 1 aromatic carbocycles. The Morgan fingerprint density at radius 3 is 2.61 bits per heavy atom. The van der Waals surface area contributed by atoms with Gasteiger partial charge in [0.05, 0.1) is 12.6 Å². The van der Waals surface area contributed by atoms with Crippen molar-refractivity contribution in [1.82, 2.24) is 10.3 Å². The maximum absolute atomic E-state index is 5.42. The number of H-pyrrole nitrogens is 1. The Hall–Kier alpha value is -1.48. The summed E-state index contributed by atoms with van der Waals surface area (Å²) < 4.78 is 5.42. The average Bonchev–Trinajstić information content (AvgIpc) is 2.66. The minimum absolute atomic E-state index is 0.485. The minimum atomic E-state index is 0.485. The molecule has 0 amide bonds. The third-order valence-corrected chi connectivity index (χ3v) is 3.39. The number of hydrogen-bond acceptors (Lipinski definition) is 2. The van der Waals surface area contributed by atoms with Crippen molar-refractivity contribution in [2.75, 3.05) is 7.11 Å². The van der Waals surface area contributed by atoms with Crippen LogP contribution in [0.1, 0.15) is 30.7 Å². The van der Waals surface area contributed by atoms with E-state index in [1.54, 1.807) is 7.11 Å². The molecule has 0 unspecified atom stereocenters. The van der Waals surface area contributed by atoms with E-state index in [-0.39, 0.29) is 0 Å². The molecule has 0 fully saturated rings. The standard InChI is InChI=1S/C15H22N2O/c1-9(2)16-8-12-11(4)14-10(3)6-7-13(18-5)15(14)17-12/h6-7,9,16-17H,8H2,1-5H3. The number of fused-ring (bicyclic) bond motifs is 1. The second-order valence-electron chi connectivity index (χ2n) is 5.10. The van der Waals surface area contributed by atoms with Gasteiger partial charge in [-0.15, -0.1) is 0 Å². The van der Waals surface area contributed by atoms with Crippen LogP contribution in [0, 0.1) is 13.8 Å². The van der Waals surface area contributed by atoms with Crippen LogP contribution in [0.15, 0.2) is 12.1 Å². The van der Waals surface area contributed by atoms with Crippen molar-refractivity contribution in [3.05, 3.63) is 29.0 Å². The van der Waals surface area contributed by atoms with Gasteiger partial charge >= 0.3 is 0 Å². The summed E-state index contributed by atoms with van der Waals surface area (Å²) in [7, 11) is 1.71. The Labute approximate surface area is 109 Å². The molecule has 0 radical (unpaired) electrons. The van der Waals surface area contributed by atoms with Gasteiger partial charge in [0.1, 0.15) is 5.75 Å². The van der Waals surface area contributed by atoms with E-state index in [9.17, 15) is 0 Å². The summed E-state index contributed by atoms with van der Waals surface area (Å²) in [5.41, 5.74) is 4.95. The quantitative estimate of drug-likeness (QED) is 0.868. The lowest BCUT2D eigenvalue weighted by Crippen LogP contribution is -2.22. The fourth-order valence-corrected chi connectivity index (χ4v) is 2.34. The van der Waals surface area contributed by atoms with Crippen LogP contribution in [0.2, 0.25) is 0 Å².